The Morgan fingerprint density at radius 3 is 2.55 bits per heavy atom. The SMILES string of the molecule is C=C(C)COc1ccc(C(=O)Nc2ccccc2C#N)cc1. The molecule has 2 rings (SSSR count). The van der Waals surface area contributed by atoms with Crippen LogP contribution in [0.3, 0.4) is 0 Å². The van der Waals surface area contributed by atoms with E-state index in [-0.39, 0.29) is 5.91 Å². The molecular formula is C18H16N2O2. The standard InChI is InChI=1S/C18H16N2O2/c1-13(2)12-22-16-9-7-14(8-10-16)18(21)20-17-6-4-3-5-15(17)11-19/h3-10H,1,12H2,2H3,(H,20,21). The van der Waals surface area contributed by atoms with Gasteiger partial charge in [0.25, 0.3) is 5.91 Å². The van der Waals surface area contributed by atoms with Crippen LogP contribution in [0.15, 0.2) is 60.7 Å². The second-order valence-electron chi connectivity index (χ2n) is 4.88. The number of nitriles is 1. The lowest BCUT2D eigenvalue weighted by Crippen LogP contribution is -2.12. The van der Waals surface area contributed by atoms with E-state index in [0.717, 1.165) is 5.57 Å². The molecule has 0 aliphatic rings. The van der Waals surface area contributed by atoms with E-state index in [4.69, 9.17) is 10.00 Å². The first-order chi connectivity index (χ1) is 10.6. The molecule has 110 valence electrons. The molecule has 4 nitrogen and oxygen atoms in total. The third-order valence-electron chi connectivity index (χ3n) is 2.90. The van der Waals surface area contributed by atoms with Crippen LogP contribution in [-0.4, -0.2) is 12.5 Å². The Labute approximate surface area is 129 Å². The smallest absolute Gasteiger partial charge is 0.255 e. The van der Waals surface area contributed by atoms with Gasteiger partial charge in [0.15, 0.2) is 0 Å². The average molecular weight is 292 g/mol. The van der Waals surface area contributed by atoms with Crippen molar-refractivity contribution in [1.82, 2.24) is 0 Å². The van der Waals surface area contributed by atoms with E-state index < -0.39 is 0 Å². The van der Waals surface area contributed by atoms with Gasteiger partial charge in [0.1, 0.15) is 18.4 Å². The van der Waals surface area contributed by atoms with Gasteiger partial charge in [-0.15, -0.1) is 0 Å². The third-order valence-corrected chi connectivity index (χ3v) is 2.90. The molecule has 0 bridgehead atoms. The highest BCUT2D eigenvalue weighted by atomic mass is 16.5. The van der Waals surface area contributed by atoms with Crippen LogP contribution in [-0.2, 0) is 0 Å². The first-order valence-corrected chi connectivity index (χ1v) is 6.78. The molecule has 0 saturated heterocycles. The number of benzene rings is 2. The number of para-hydroxylation sites is 1. The monoisotopic (exact) mass is 292 g/mol. The highest BCUT2D eigenvalue weighted by molar-refractivity contribution is 6.04. The molecule has 0 fully saturated rings. The summed E-state index contributed by atoms with van der Waals surface area (Å²) < 4.78 is 5.48. The van der Waals surface area contributed by atoms with Crippen molar-refractivity contribution < 1.29 is 9.53 Å². The van der Waals surface area contributed by atoms with Crippen LogP contribution in [0.1, 0.15) is 22.8 Å². The number of ether oxygens (including phenoxy) is 1. The first-order valence-electron chi connectivity index (χ1n) is 6.78. The number of carbonyl (C=O) groups excluding carboxylic acids is 1. The molecule has 0 radical (unpaired) electrons. The summed E-state index contributed by atoms with van der Waals surface area (Å²) >= 11 is 0. The van der Waals surface area contributed by atoms with E-state index in [1.165, 1.54) is 0 Å². The molecule has 2 aromatic carbocycles. The van der Waals surface area contributed by atoms with E-state index >= 15 is 0 Å². The van der Waals surface area contributed by atoms with Crippen LogP contribution in [0.2, 0.25) is 0 Å². The average Bonchev–Trinajstić information content (AvgIpc) is 2.54. The Morgan fingerprint density at radius 1 is 1.23 bits per heavy atom. The zero-order valence-electron chi connectivity index (χ0n) is 12.3. The third kappa shape index (κ3) is 3.97. The molecule has 0 atom stereocenters. The van der Waals surface area contributed by atoms with Gasteiger partial charge < -0.3 is 10.1 Å². The predicted octanol–water partition coefficient (Wildman–Crippen LogP) is 3.77. The molecular weight excluding hydrogens is 276 g/mol. The van der Waals surface area contributed by atoms with Crippen LogP contribution >= 0.6 is 0 Å². The van der Waals surface area contributed by atoms with Gasteiger partial charge in [0.2, 0.25) is 0 Å². The Bertz CT molecular complexity index is 727. The number of carbonyl (C=O) groups is 1. The van der Waals surface area contributed by atoms with Crippen molar-refractivity contribution in [1.29, 1.82) is 5.26 Å². The largest absolute Gasteiger partial charge is 0.489 e. The summed E-state index contributed by atoms with van der Waals surface area (Å²) in [5, 5.41) is 11.7. The van der Waals surface area contributed by atoms with E-state index in [0.29, 0.717) is 29.2 Å². The Morgan fingerprint density at radius 2 is 1.91 bits per heavy atom. The van der Waals surface area contributed by atoms with E-state index in [1.807, 2.05) is 13.0 Å². The van der Waals surface area contributed by atoms with Crippen LogP contribution < -0.4 is 10.1 Å². The van der Waals surface area contributed by atoms with E-state index in [2.05, 4.69) is 11.9 Å². The van der Waals surface area contributed by atoms with Gasteiger partial charge in [-0.1, -0.05) is 18.7 Å². The molecule has 0 heterocycles. The lowest BCUT2D eigenvalue weighted by molar-refractivity contribution is 0.102. The summed E-state index contributed by atoms with van der Waals surface area (Å²) in [4.78, 5) is 12.2. The van der Waals surface area contributed by atoms with Gasteiger partial charge in [-0.2, -0.15) is 5.26 Å². The summed E-state index contributed by atoms with van der Waals surface area (Å²) in [6.45, 7) is 6.09. The lowest BCUT2D eigenvalue weighted by Gasteiger charge is -2.08. The Kier molecular flexibility index (Phi) is 4.94. The Hall–Kier alpha value is -3.06. The van der Waals surface area contributed by atoms with Crippen molar-refractivity contribution in [3.05, 3.63) is 71.8 Å². The van der Waals surface area contributed by atoms with Crippen molar-refractivity contribution >= 4 is 11.6 Å². The molecule has 0 saturated carbocycles. The predicted molar refractivity (Wildman–Crippen MR) is 85.9 cm³/mol. The van der Waals surface area contributed by atoms with Crippen molar-refractivity contribution in [3.63, 3.8) is 0 Å². The number of hydrogen-bond acceptors (Lipinski definition) is 3. The fraction of sp³-hybridized carbons (Fsp3) is 0.111. The van der Waals surface area contributed by atoms with Crippen molar-refractivity contribution in [2.45, 2.75) is 6.92 Å². The highest BCUT2D eigenvalue weighted by Crippen LogP contribution is 2.17. The van der Waals surface area contributed by atoms with Gasteiger partial charge in [-0.25, -0.2) is 0 Å². The van der Waals surface area contributed by atoms with Gasteiger partial charge in [-0.3, -0.25) is 4.79 Å². The lowest BCUT2D eigenvalue weighted by atomic mass is 10.1. The van der Waals surface area contributed by atoms with Crippen LogP contribution in [0.25, 0.3) is 0 Å². The minimum absolute atomic E-state index is 0.269. The number of nitrogens with one attached hydrogen (secondary N) is 1. The summed E-state index contributed by atoms with van der Waals surface area (Å²) in [6, 6.07) is 15.7. The van der Waals surface area contributed by atoms with Gasteiger partial charge in [0.05, 0.1) is 11.3 Å². The zero-order chi connectivity index (χ0) is 15.9. The second-order valence-corrected chi connectivity index (χ2v) is 4.88. The van der Waals surface area contributed by atoms with Gasteiger partial charge in [-0.05, 0) is 48.9 Å². The number of rotatable bonds is 5. The highest BCUT2D eigenvalue weighted by Gasteiger charge is 2.08. The number of nitrogens with zero attached hydrogens (tertiary/aromatic N) is 1. The maximum atomic E-state index is 12.2. The van der Waals surface area contributed by atoms with Gasteiger partial charge >= 0.3 is 0 Å². The Balaban J connectivity index is 2.07. The van der Waals surface area contributed by atoms with E-state index in [9.17, 15) is 4.79 Å². The number of anilines is 1. The molecule has 2 aromatic rings. The summed E-state index contributed by atoms with van der Waals surface area (Å²) in [5.41, 5.74) is 2.35. The molecule has 4 heteroatoms. The summed E-state index contributed by atoms with van der Waals surface area (Å²) in [7, 11) is 0. The molecule has 1 N–H and O–H groups in total. The van der Waals surface area contributed by atoms with Gasteiger partial charge in [0, 0.05) is 5.56 Å². The fourth-order valence-electron chi connectivity index (χ4n) is 1.79. The van der Waals surface area contributed by atoms with Crippen LogP contribution in [0.5, 0.6) is 5.75 Å². The normalized spacial score (nSPS) is 9.64. The van der Waals surface area contributed by atoms with Crippen molar-refractivity contribution in [2.75, 3.05) is 11.9 Å². The van der Waals surface area contributed by atoms with Crippen LogP contribution in [0.4, 0.5) is 5.69 Å². The molecule has 1 amide bonds. The second kappa shape index (κ2) is 7.09. The van der Waals surface area contributed by atoms with E-state index in [1.54, 1.807) is 48.5 Å². The minimum atomic E-state index is -0.269. The maximum absolute atomic E-state index is 12.2. The quantitative estimate of drug-likeness (QED) is 0.853. The molecule has 0 aromatic heterocycles. The van der Waals surface area contributed by atoms with Crippen molar-refractivity contribution in [2.24, 2.45) is 0 Å². The fourth-order valence-corrected chi connectivity index (χ4v) is 1.79. The topological polar surface area (TPSA) is 62.1 Å². The van der Waals surface area contributed by atoms with Crippen molar-refractivity contribution in [3.8, 4) is 11.8 Å². The van der Waals surface area contributed by atoms with Crippen LogP contribution in [0, 0.1) is 11.3 Å². The first kappa shape index (κ1) is 15.3. The summed E-state index contributed by atoms with van der Waals surface area (Å²) in [5.74, 6) is 0.408. The summed E-state index contributed by atoms with van der Waals surface area (Å²) in [6.07, 6.45) is 0. The molecule has 0 spiro atoms. The molecule has 0 unspecified atom stereocenters. The maximum Gasteiger partial charge on any atom is 0.255 e. The molecule has 0 aliphatic heterocycles. The minimum Gasteiger partial charge on any atom is -0.489 e. The zero-order valence-corrected chi connectivity index (χ0v) is 12.3. The number of amides is 1. The molecule has 22 heavy (non-hydrogen) atoms. The number of hydrogen-bond donors (Lipinski definition) is 1. The molecule has 0 aliphatic carbocycles.